The molecule has 2 aromatic carbocycles. The molecule has 1 atom stereocenters. The second kappa shape index (κ2) is 11.7. The van der Waals surface area contributed by atoms with Crippen LogP contribution in [0.5, 0.6) is 0 Å². The number of benzene rings is 2. The molecule has 1 heterocycles. The van der Waals surface area contributed by atoms with E-state index in [0.717, 1.165) is 4.47 Å². The minimum atomic E-state index is -0.450. The zero-order valence-corrected chi connectivity index (χ0v) is 21.4. The second-order valence-corrected chi connectivity index (χ2v) is 9.49. The van der Waals surface area contributed by atoms with Gasteiger partial charge in [-0.05, 0) is 53.2 Å². The third-order valence-corrected chi connectivity index (χ3v) is 6.98. The Morgan fingerprint density at radius 2 is 1.97 bits per heavy atom. The number of rotatable bonds is 9. The first-order valence-corrected chi connectivity index (χ1v) is 12.3. The molecule has 0 unspecified atom stereocenters. The molecule has 11 heteroatoms. The highest BCUT2D eigenvalue weighted by Crippen LogP contribution is 2.26. The van der Waals surface area contributed by atoms with Gasteiger partial charge in [-0.3, -0.25) is 9.59 Å². The van der Waals surface area contributed by atoms with Crippen LogP contribution in [0.3, 0.4) is 0 Å². The van der Waals surface area contributed by atoms with Gasteiger partial charge in [-0.15, -0.1) is 16.8 Å². The van der Waals surface area contributed by atoms with Crippen LogP contribution in [0.2, 0.25) is 10.0 Å². The van der Waals surface area contributed by atoms with E-state index in [0.29, 0.717) is 38.8 Å². The summed E-state index contributed by atoms with van der Waals surface area (Å²) in [6.45, 7) is 6.00. The normalized spacial score (nSPS) is 11.6. The molecule has 3 rings (SSSR count). The van der Waals surface area contributed by atoms with E-state index in [1.165, 1.54) is 11.8 Å². The van der Waals surface area contributed by atoms with Gasteiger partial charge in [0, 0.05) is 16.7 Å². The molecule has 0 spiro atoms. The Hall–Kier alpha value is -2.33. The molecule has 0 fully saturated rings. The average Bonchev–Trinajstić information content (AvgIpc) is 3.18. The van der Waals surface area contributed by atoms with Crippen LogP contribution in [0.1, 0.15) is 29.1 Å². The molecular weight excluding hydrogens is 549 g/mol. The van der Waals surface area contributed by atoms with Crippen LogP contribution < -0.4 is 10.6 Å². The van der Waals surface area contributed by atoms with E-state index in [9.17, 15) is 9.59 Å². The van der Waals surface area contributed by atoms with E-state index < -0.39 is 6.04 Å². The number of nitrogens with one attached hydrogen (secondary N) is 2. The molecule has 3 aromatic rings. The molecule has 172 valence electrons. The maximum atomic E-state index is 12.6. The van der Waals surface area contributed by atoms with Gasteiger partial charge in [0.05, 0.1) is 27.4 Å². The molecule has 33 heavy (non-hydrogen) atoms. The monoisotopic (exact) mass is 567 g/mol. The van der Waals surface area contributed by atoms with Crippen LogP contribution in [0.4, 0.5) is 5.69 Å². The second-order valence-electron chi connectivity index (χ2n) is 6.88. The van der Waals surface area contributed by atoms with Gasteiger partial charge in [0.2, 0.25) is 5.91 Å². The third kappa shape index (κ3) is 6.60. The lowest BCUT2D eigenvalue weighted by Crippen LogP contribution is -2.29. The highest BCUT2D eigenvalue weighted by Gasteiger charge is 2.21. The Morgan fingerprint density at radius 1 is 1.21 bits per heavy atom. The lowest BCUT2D eigenvalue weighted by atomic mass is 10.2. The Balaban J connectivity index is 1.67. The van der Waals surface area contributed by atoms with Crippen LogP contribution in [0.25, 0.3) is 0 Å². The fourth-order valence-corrected chi connectivity index (χ4v) is 4.32. The number of aromatic nitrogens is 3. The van der Waals surface area contributed by atoms with Crippen LogP contribution in [0, 0.1) is 0 Å². The fraction of sp³-hybridized carbons (Fsp3) is 0.182. The number of carbonyl (C=O) groups is 2. The van der Waals surface area contributed by atoms with Crippen molar-refractivity contribution in [2.45, 2.75) is 24.7 Å². The number of nitrogens with zero attached hydrogens (tertiary/aromatic N) is 3. The number of carbonyl (C=O) groups excluding carboxylic acids is 2. The summed E-state index contributed by atoms with van der Waals surface area (Å²) in [5.41, 5.74) is 0.970. The van der Waals surface area contributed by atoms with E-state index in [4.69, 9.17) is 23.2 Å². The Bertz CT molecular complexity index is 1190. The van der Waals surface area contributed by atoms with Crippen LogP contribution in [-0.4, -0.2) is 32.3 Å². The van der Waals surface area contributed by atoms with Crippen molar-refractivity contribution in [3.8, 4) is 0 Å². The van der Waals surface area contributed by atoms with Crippen LogP contribution in [-0.2, 0) is 11.3 Å². The van der Waals surface area contributed by atoms with Gasteiger partial charge < -0.3 is 15.2 Å². The molecular formula is C22H20BrCl2N5O2S. The minimum Gasteiger partial charge on any atom is -0.342 e. The van der Waals surface area contributed by atoms with Crippen molar-refractivity contribution in [2.24, 2.45) is 0 Å². The van der Waals surface area contributed by atoms with Crippen molar-refractivity contribution >= 4 is 68.4 Å². The SMILES string of the molecule is C=CCn1c(SCC(=O)Nc2ccc(Br)c(Cl)c2)nnc1[C@@H](C)NC(=O)c1ccccc1Cl. The molecule has 0 saturated heterocycles. The van der Waals surface area contributed by atoms with E-state index in [1.807, 2.05) is 0 Å². The zero-order chi connectivity index (χ0) is 24.0. The molecule has 7 nitrogen and oxygen atoms in total. The molecule has 0 bridgehead atoms. The third-order valence-electron chi connectivity index (χ3n) is 4.45. The van der Waals surface area contributed by atoms with Gasteiger partial charge in [-0.1, -0.05) is 53.2 Å². The molecule has 2 N–H and O–H groups in total. The number of amides is 2. The standard InChI is InChI=1S/C22H20BrCl2N5O2S/c1-3-10-30-20(13(2)26-21(32)15-6-4-5-7-17(15)24)28-29-22(30)33-12-19(31)27-14-8-9-16(23)18(25)11-14/h3-9,11,13H,1,10,12H2,2H3,(H,26,32)(H,27,31)/t13-/m1/s1. The first-order valence-electron chi connectivity index (χ1n) is 9.77. The van der Waals surface area contributed by atoms with E-state index >= 15 is 0 Å². The van der Waals surface area contributed by atoms with Crippen molar-refractivity contribution in [1.29, 1.82) is 0 Å². The smallest absolute Gasteiger partial charge is 0.253 e. The summed E-state index contributed by atoms with van der Waals surface area (Å²) in [5.74, 6) is 0.123. The number of hydrogen-bond donors (Lipinski definition) is 2. The Morgan fingerprint density at radius 3 is 2.67 bits per heavy atom. The van der Waals surface area contributed by atoms with Crippen LogP contribution in [0.15, 0.2) is 64.7 Å². The van der Waals surface area contributed by atoms with Gasteiger partial charge in [0.15, 0.2) is 11.0 Å². The summed E-state index contributed by atoms with van der Waals surface area (Å²) >= 11 is 16.7. The minimum absolute atomic E-state index is 0.114. The molecule has 0 aliphatic carbocycles. The fourth-order valence-electron chi connectivity index (χ4n) is 2.91. The highest BCUT2D eigenvalue weighted by molar-refractivity contribution is 9.10. The highest BCUT2D eigenvalue weighted by atomic mass is 79.9. The maximum Gasteiger partial charge on any atom is 0.253 e. The number of thioether (sulfide) groups is 1. The summed E-state index contributed by atoms with van der Waals surface area (Å²) in [6.07, 6.45) is 1.70. The topological polar surface area (TPSA) is 88.9 Å². The summed E-state index contributed by atoms with van der Waals surface area (Å²) in [7, 11) is 0. The van der Waals surface area contributed by atoms with Gasteiger partial charge in [-0.2, -0.15) is 0 Å². The quantitative estimate of drug-likeness (QED) is 0.253. The molecule has 0 aliphatic rings. The summed E-state index contributed by atoms with van der Waals surface area (Å²) in [6, 6.07) is 11.5. The average molecular weight is 569 g/mol. The molecule has 1 aromatic heterocycles. The Kier molecular flexibility index (Phi) is 8.96. The first-order chi connectivity index (χ1) is 15.8. The van der Waals surface area contributed by atoms with E-state index in [-0.39, 0.29) is 17.6 Å². The van der Waals surface area contributed by atoms with Crippen molar-refractivity contribution in [2.75, 3.05) is 11.1 Å². The first kappa shape index (κ1) is 25.3. The molecule has 2 amide bonds. The van der Waals surface area contributed by atoms with Crippen LogP contribution >= 0.6 is 50.9 Å². The largest absolute Gasteiger partial charge is 0.342 e. The van der Waals surface area contributed by atoms with Crippen molar-refractivity contribution in [3.05, 3.63) is 81.0 Å². The number of allylic oxidation sites excluding steroid dienone is 1. The van der Waals surface area contributed by atoms with Gasteiger partial charge >= 0.3 is 0 Å². The summed E-state index contributed by atoms with van der Waals surface area (Å²) in [4.78, 5) is 25.0. The summed E-state index contributed by atoms with van der Waals surface area (Å²) in [5, 5.41) is 15.5. The van der Waals surface area contributed by atoms with E-state index in [1.54, 1.807) is 60.0 Å². The Labute approximate surface area is 214 Å². The molecule has 0 aliphatic heterocycles. The molecule has 0 radical (unpaired) electrons. The van der Waals surface area contributed by atoms with Gasteiger partial charge in [0.1, 0.15) is 0 Å². The van der Waals surface area contributed by atoms with Crippen molar-refractivity contribution in [1.82, 2.24) is 20.1 Å². The maximum absolute atomic E-state index is 12.6. The van der Waals surface area contributed by atoms with Gasteiger partial charge in [0.25, 0.3) is 5.91 Å². The predicted molar refractivity (Wildman–Crippen MR) is 136 cm³/mol. The van der Waals surface area contributed by atoms with Crippen molar-refractivity contribution in [3.63, 3.8) is 0 Å². The summed E-state index contributed by atoms with van der Waals surface area (Å²) < 4.78 is 2.55. The van der Waals surface area contributed by atoms with E-state index in [2.05, 4.69) is 43.3 Å². The zero-order valence-electron chi connectivity index (χ0n) is 17.5. The predicted octanol–water partition coefficient (Wildman–Crippen LogP) is 5.76. The lowest BCUT2D eigenvalue weighted by molar-refractivity contribution is -0.113. The van der Waals surface area contributed by atoms with Crippen molar-refractivity contribution < 1.29 is 9.59 Å². The lowest BCUT2D eigenvalue weighted by Gasteiger charge is -2.15. The molecule has 0 saturated carbocycles. The number of anilines is 1. The number of hydrogen-bond acceptors (Lipinski definition) is 5. The van der Waals surface area contributed by atoms with Gasteiger partial charge in [-0.25, -0.2) is 0 Å². The number of halogens is 3.